The first-order valence-corrected chi connectivity index (χ1v) is 30.6. The molecule has 13 aromatic carbocycles. The number of hydrogen-bond donors (Lipinski definition) is 0. The van der Waals surface area contributed by atoms with Crippen molar-refractivity contribution in [1.82, 2.24) is 23.3 Å². The van der Waals surface area contributed by atoms with E-state index in [9.17, 15) is 5.26 Å². The van der Waals surface area contributed by atoms with Crippen molar-refractivity contribution in [2.24, 2.45) is 0 Å². The molecule has 0 aliphatic rings. The van der Waals surface area contributed by atoms with E-state index in [0.29, 0.717) is 5.56 Å². The molecule has 0 atom stereocenters. The van der Waals surface area contributed by atoms with Crippen molar-refractivity contribution in [3.05, 3.63) is 321 Å². The van der Waals surface area contributed by atoms with Gasteiger partial charge in [-0.15, -0.1) is 0 Å². The van der Waals surface area contributed by atoms with E-state index >= 15 is 0 Å². The first-order chi connectivity index (χ1) is 44.7. The summed E-state index contributed by atoms with van der Waals surface area (Å²) in [5.74, 6) is 1.48. The van der Waals surface area contributed by atoms with Gasteiger partial charge in [0.15, 0.2) is 0 Å². The van der Waals surface area contributed by atoms with Crippen LogP contribution in [-0.4, -0.2) is 23.3 Å². The summed E-state index contributed by atoms with van der Waals surface area (Å²) in [5, 5.41) is 21.3. The average molecular weight is 1150 g/mol. The lowest BCUT2D eigenvalue weighted by molar-refractivity contribution is 1.01. The second-order valence-electron chi connectivity index (χ2n) is 23.2. The Labute approximate surface area is 518 Å². The van der Waals surface area contributed by atoms with Crippen LogP contribution < -0.4 is 0 Å². The molecule has 0 aliphatic heterocycles. The minimum atomic E-state index is 0.601. The van der Waals surface area contributed by atoms with Gasteiger partial charge in [-0.2, -0.15) is 5.26 Å². The van der Waals surface area contributed by atoms with Crippen molar-refractivity contribution < 1.29 is 0 Å². The highest BCUT2D eigenvalue weighted by atomic mass is 15.1. The molecule has 5 heterocycles. The fourth-order valence-electron chi connectivity index (χ4n) is 14.8. The van der Waals surface area contributed by atoms with Gasteiger partial charge in [0.1, 0.15) is 17.7 Å². The minimum Gasteiger partial charge on any atom is -0.309 e. The van der Waals surface area contributed by atoms with Crippen LogP contribution in [0.2, 0.25) is 0 Å². The van der Waals surface area contributed by atoms with E-state index < -0.39 is 0 Å². The van der Waals surface area contributed by atoms with Crippen LogP contribution in [0, 0.1) is 11.3 Å². The molecule has 0 spiro atoms. The molecule has 0 saturated heterocycles. The Hall–Kier alpha value is -12.3. The normalized spacial score (nSPS) is 11.8. The van der Waals surface area contributed by atoms with Crippen LogP contribution in [0.15, 0.2) is 315 Å². The second kappa shape index (κ2) is 20.4. The third-order valence-corrected chi connectivity index (χ3v) is 18.4. The number of nitriles is 1. The van der Waals surface area contributed by atoms with Gasteiger partial charge in [-0.05, 0) is 117 Å². The lowest BCUT2D eigenvalue weighted by Gasteiger charge is -2.26. The molecule has 0 amide bonds. The van der Waals surface area contributed by atoms with Gasteiger partial charge in [-0.25, -0.2) is 4.98 Å². The van der Waals surface area contributed by atoms with Gasteiger partial charge in [0.05, 0.1) is 49.7 Å². The first kappa shape index (κ1) is 51.0. The van der Waals surface area contributed by atoms with Crippen LogP contribution in [-0.2, 0) is 0 Å². The molecule has 0 fully saturated rings. The molecule has 90 heavy (non-hydrogen) atoms. The summed E-state index contributed by atoms with van der Waals surface area (Å²) >= 11 is 0. The topological polar surface area (TPSA) is 56.4 Å². The standard InChI is InChI=1S/C84H52N6/c85-53-67-76(54-27-7-1-8-28-54)78(56-31-11-3-12-32-56)80(79(57-33-13-4-14-34-57)77(67)55-29-9-2-10-30-55)58-51-74(89-70-45-25-21-41-65(70)81-72(89)49-47-63-61-39-19-23-43-68(61)87(83(63)81)59-35-15-5-16-36-59)86-75(52-58)90-71-46-26-22-42-66(71)82-73(90)50-48-64-62-40-20-24-44-69(62)88(84(64)82)60-37-17-6-18-38-60/h1-52H. The van der Waals surface area contributed by atoms with Crippen molar-refractivity contribution in [2.45, 2.75) is 0 Å². The average Bonchev–Trinajstić information content (AvgIpc) is 1.33. The fraction of sp³-hybridized carbons (Fsp3) is 0. The van der Waals surface area contributed by atoms with Gasteiger partial charge in [-0.3, -0.25) is 9.13 Å². The summed E-state index contributed by atoms with van der Waals surface area (Å²) in [7, 11) is 0. The van der Waals surface area contributed by atoms with Gasteiger partial charge in [0, 0.05) is 65.6 Å². The smallest absolute Gasteiger partial charge is 0.140 e. The molecule has 6 nitrogen and oxygen atoms in total. The summed E-state index contributed by atoms with van der Waals surface area (Å²) in [6.45, 7) is 0. The number of nitrogens with zero attached hydrogens (tertiary/aromatic N) is 6. The van der Waals surface area contributed by atoms with Crippen molar-refractivity contribution in [2.75, 3.05) is 0 Å². The second-order valence-corrected chi connectivity index (χ2v) is 23.2. The molecule has 18 rings (SSSR count). The van der Waals surface area contributed by atoms with Crippen LogP contribution >= 0.6 is 0 Å². The molecule has 0 N–H and O–H groups in total. The maximum absolute atomic E-state index is 12.0. The number of hydrogen-bond acceptors (Lipinski definition) is 2. The molecule has 418 valence electrons. The van der Waals surface area contributed by atoms with E-state index in [0.717, 1.165) is 144 Å². The summed E-state index contributed by atoms with van der Waals surface area (Å²) in [4.78, 5) is 6.11. The van der Waals surface area contributed by atoms with Gasteiger partial charge in [-0.1, -0.05) is 243 Å². The number of pyridine rings is 1. The number of para-hydroxylation sites is 6. The van der Waals surface area contributed by atoms with Crippen LogP contribution in [0.25, 0.3) is 166 Å². The molecule has 0 unspecified atom stereocenters. The molecular weight excluding hydrogens is 1090 g/mol. The molecule has 0 bridgehead atoms. The Morgan fingerprint density at radius 2 is 0.544 bits per heavy atom. The third-order valence-electron chi connectivity index (χ3n) is 18.4. The highest BCUT2D eigenvalue weighted by molar-refractivity contribution is 6.28. The van der Waals surface area contributed by atoms with E-state index in [1.54, 1.807) is 0 Å². The van der Waals surface area contributed by atoms with E-state index in [2.05, 4.69) is 328 Å². The quantitative estimate of drug-likeness (QED) is 0.145. The van der Waals surface area contributed by atoms with E-state index in [-0.39, 0.29) is 0 Å². The molecular formula is C84H52N6. The Kier molecular flexibility index (Phi) is 11.6. The minimum absolute atomic E-state index is 0.601. The predicted molar refractivity (Wildman–Crippen MR) is 373 cm³/mol. The highest BCUT2D eigenvalue weighted by Gasteiger charge is 2.31. The summed E-state index contributed by atoms with van der Waals surface area (Å²) in [5.41, 5.74) is 20.8. The van der Waals surface area contributed by atoms with Crippen molar-refractivity contribution in [3.8, 4) is 84.7 Å². The monoisotopic (exact) mass is 1140 g/mol. The third kappa shape index (κ3) is 7.60. The van der Waals surface area contributed by atoms with Gasteiger partial charge in [0.25, 0.3) is 0 Å². The van der Waals surface area contributed by atoms with E-state index in [4.69, 9.17) is 4.98 Å². The molecule has 0 aliphatic carbocycles. The zero-order valence-corrected chi connectivity index (χ0v) is 48.7. The zero-order valence-electron chi connectivity index (χ0n) is 48.7. The maximum Gasteiger partial charge on any atom is 0.140 e. The lowest BCUT2D eigenvalue weighted by Crippen LogP contribution is -2.06. The van der Waals surface area contributed by atoms with Crippen molar-refractivity contribution in [3.63, 3.8) is 0 Å². The number of benzene rings is 13. The number of aromatic nitrogens is 5. The van der Waals surface area contributed by atoms with E-state index in [1.165, 1.54) is 21.5 Å². The van der Waals surface area contributed by atoms with Gasteiger partial charge < -0.3 is 9.13 Å². The van der Waals surface area contributed by atoms with E-state index in [1.807, 2.05) is 12.1 Å². The van der Waals surface area contributed by atoms with Crippen LogP contribution in [0.4, 0.5) is 0 Å². The Morgan fingerprint density at radius 1 is 0.244 bits per heavy atom. The lowest BCUT2D eigenvalue weighted by atomic mass is 9.76. The zero-order chi connectivity index (χ0) is 59.4. The van der Waals surface area contributed by atoms with Crippen molar-refractivity contribution in [1.29, 1.82) is 5.26 Å². The van der Waals surface area contributed by atoms with Gasteiger partial charge >= 0.3 is 0 Å². The Balaban J connectivity index is 1.06. The largest absolute Gasteiger partial charge is 0.309 e. The van der Waals surface area contributed by atoms with Gasteiger partial charge in [0.2, 0.25) is 0 Å². The molecule has 6 heteroatoms. The van der Waals surface area contributed by atoms with Crippen LogP contribution in [0.3, 0.4) is 0 Å². The molecule has 0 radical (unpaired) electrons. The summed E-state index contributed by atoms with van der Waals surface area (Å²) in [6, 6.07) is 116. The predicted octanol–water partition coefficient (Wildman–Crippen LogP) is 21.7. The molecule has 5 aromatic heterocycles. The Bertz CT molecular complexity index is 5580. The first-order valence-electron chi connectivity index (χ1n) is 30.6. The van der Waals surface area contributed by atoms with Crippen LogP contribution in [0.5, 0.6) is 0 Å². The number of fused-ring (bicyclic) bond motifs is 14. The molecule has 18 aromatic rings. The summed E-state index contributed by atoms with van der Waals surface area (Å²) in [6.07, 6.45) is 0. The molecule has 0 saturated carbocycles. The van der Waals surface area contributed by atoms with Crippen LogP contribution in [0.1, 0.15) is 5.56 Å². The fourth-order valence-corrected chi connectivity index (χ4v) is 14.8. The maximum atomic E-state index is 12.0. The summed E-state index contributed by atoms with van der Waals surface area (Å²) < 4.78 is 9.68. The Morgan fingerprint density at radius 3 is 0.911 bits per heavy atom. The highest BCUT2D eigenvalue weighted by Crippen LogP contribution is 2.54. The number of rotatable bonds is 9. The van der Waals surface area contributed by atoms with Crippen molar-refractivity contribution >= 4 is 87.2 Å². The SMILES string of the molecule is N#Cc1c(-c2ccccc2)c(-c2ccccc2)c(-c2cc(-n3c4ccccc4c4c3ccc3c5ccccc5n(-c5ccccc5)c34)nc(-n3c4ccccc4c4c3ccc3c5ccccc5n(-c5ccccc5)c34)c2)c(-c2ccccc2)c1-c1ccccc1.